The van der Waals surface area contributed by atoms with Crippen molar-refractivity contribution < 1.29 is 14.8 Å². The van der Waals surface area contributed by atoms with Crippen molar-refractivity contribution in [2.24, 2.45) is 0 Å². The van der Waals surface area contributed by atoms with E-state index in [1.807, 2.05) is 60.7 Å². The molecule has 0 aromatic heterocycles. The maximum atomic E-state index is 13.5. The molecule has 2 rings (SSSR count). The summed E-state index contributed by atoms with van der Waals surface area (Å²) < 4.78 is 13.5. The molecule has 0 heterocycles. The number of hydrogen-bond donors (Lipinski definition) is 2. The van der Waals surface area contributed by atoms with Crippen molar-refractivity contribution in [3.05, 3.63) is 60.7 Å². The summed E-state index contributed by atoms with van der Waals surface area (Å²) >= 11 is 0. The van der Waals surface area contributed by atoms with Crippen LogP contribution in [-0.4, -0.2) is 28.6 Å². The molecule has 0 saturated heterocycles. The molecule has 2 aromatic rings. The molecule has 2 N–H and O–H groups in total. The Balaban J connectivity index is 2.47. The van der Waals surface area contributed by atoms with Crippen molar-refractivity contribution in [2.45, 2.75) is 19.1 Å². The Morgan fingerprint density at radius 1 is 0.900 bits per heavy atom. The first-order chi connectivity index (χ1) is 9.54. The van der Waals surface area contributed by atoms with E-state index in [4.69, 9.17) is 0 Å². The fraction of sp³-hybridized carbons (Fsp3) is 0.250. The van der Waals surface area contributed by atoms with Crippen molar-refractivity contribution in [1.29, 1.82) is 0 Å². The Labute approximate surface area is 119 Å². The van der Waals surface area contributed by atoms with E-state index in [1.54, 1.807) is 0 Å². The summed E-state index contributed by atoms with van der Waals surface area (Å²) in [7, 11) is -2.94. The van der Waals surface area contributed by atoms with Gasteiger partial charge in [-0.25, -0.2) is 0 Å². The van der Waals surface area contributed by atoms with Crippen LogP contribution in [-0.2, 0) is 4.57 Å². The summed E-state index contributed by atoms with van der Waals surface area (Å²) in [4.78, 5) is 0. The normalized spacial score (nSPS) is 14.8. The molecule has 0 aliphatic heterocycles. The molecule has 0 amide bonds. The summed E-state index contributed by atoms with van der Waals surface area (Å²) in [5.41, 5.74) is 0. The van der Waals surface area contributed by atoms with E-state index < -0.39 is 19.3 Å². The van der Waals surface area contributed by atoms with E-state index >= 15 is 0 Å². The van der Waals surface area contributed by atoms with E-state index in [0.717, 1.165) is 0 Å². The maximum absolute atomic E-state index is 13.5. The zero-order chi connectivity index (χ0) is 14.6. The minimum absolute atomic E-state index is 0.0404. The second kappa shape index (κ2) is 6.36. The quantitative estimate of drug-likeness (QED) is 0.825. The molecule has 106 valence electrons. The van der Waals surface area contributed by atoms with E-state index in [2.05, 4.69) is 0 Å². The van der Waals surface area contributed by atoms with Crippen LogP contribution in [0.2, 0.25) is 0 Å². The number of rotatable bonds is 5. The maximum Gasteiger partial charge on any atom is 0.145 e. The SMILES string of the molecule is C[C@@H](O)[C@H](O)CP(=O)(c1ccccc1)c1ccccc1. The Morgan fingerprint density at radius 2 is 1.30 bits per heavy atom. The molecular weight excluding hydrogens is 271 g/mol. The van der Waals surface area contributed by atoms with Gasteiger partial charge in [0, 0.05) is 16.8 Å². The fourth-order valence-corrected chi connectivity index (χ4v) is 4.97. The Hall–Kier alpha value is -1.41. The van der Waals surface area contributed by atoms with Crippen LogP contribution in [0.3, 0.4) is 0 Å². The highest BCUT2D eigenvalue weighted by Crippen LogP contribution is 2.44. The second-order valence-corrected chi connectivity index (χ2v) is 7.78. The third-order valence-electron chi connectivity index (χ3n) is 3.35. The zero-order valence-corrected chi connectivity index (χ0v) is 12.3. The van der Waals surface area contributed by atoms with Crippen LogP contribution in [0.1, 0.15) is 6.92 Å². The molecule has 20 heavy (non-hydrogen) atoms. The van der Waals surface area contributed by atoms with Crippen LogP contribution in [0.5, 0.6) is 0 Å². The van der Waals surface area contributed by atoms with Crippen molar-refractivity contribution in [2.75, 3.05) is 6.16 Å². The van der Waals surface area contributed by atoms with Crippen LogP contribution >= 0.6 is 7.14 Å². The average molecular weight is 290 g/mol. The number of benzene rings is 2. The zero-order valence-electron chi connectivity index (χ0n) is 11.4. The lowest BCUT2D eigenvalue weighted by molar-refractivity contribution is 0.0458. The van der Waals surface area contributed by atoms with Crippen LogP contribution in [0.25, 0.3) is 0 Å². The van der Waals surface area contributed by atoms with E-state index in [-0.39, 0.29) is 6.16 Å². The lowest BCUT2D eigenvalue weighted by atomic mass is 10.3. The molecule has 0 spiro atoms. The van der Waals surface area contributed by atoms with Gasteiger partial charge >= 0.3 is 0 Å². The van der Waals surface area contributed by atoms with Gasteiger partial charge in [0.2, 0.25) is 0 Å². The second-order valence-electron chi connectivity index (χ2n) is 4.90. The van der Waals surface area contributed by atoms with Crippen LogP contribution in [0.15, 0.2) is 60.7 Å². The first kappa shape index (κ1) is 15.0. The van der Waals surface area contributed by atoms with Gasteiger partial charge in [0.25, 0.3) is 0 Å². The Morgan fingerprint density at radius 3 is 1.65 bits per heavy atom. The predicted octanol–water partition coefficient (Wildman–Crippen LogP) is 1.74. The minimum Gasteiger partial charge on any atom is -0.391 e. The lowest BCUT2D eigenvalue weighted by Gasteiger charge is -2.23. The van der Waals surface area contributed by atoms with Gasteiger partial charge < -0.3 is 14.8 Å². The molecule has 0 aliphatic rings. The van der Waals surface area contributed by atoms with Gasteiger partial charge in [-0.1, -0.05) is 60.7 Å². The molecule has 3 nitrogen and oxygen atoms in total. The summed E-state index contributed by atoms with van der Waals surface area (Å²) in [6.07, 6.45) is -1.88. The standard InChI is InChI=1S/C16H19O3P/c1-13(17)16(18)12-20(19,14-8-4-2-5-9-14)15-10-6-3-7-11-15/h2-11,13,16-18H,12H2,1H3/t13-,16-/m1/s1. The van der Waals surface area contributed by atoms with Crippen LogP contribution in [0.4, 0.5) is 0 Å². The smallest absolute Gasteiger partial charge is 0.145 e. The highest BCUT2D eigenvalue weighted by atomic mass is 31.2. The number of aliphatic hydroxyl groups is 2. The van der Waals surface area contributed by atoms with Gasteiger partial charge in [0.05, 0.1) is 12.2 Å². The average Bonchev–Trinajstić information content (AvgIpc) is 2.48. The summed E-state index contributed by atoms with van der Waals surface area (Å²) in [6, 6.07) is 18.3. The van der Waals surface area contributed by atoms with Gasteiger partial charge in [-0.15, -0.1) is 0 Å². The summed E-state index contributed by atoms with van der Waals surface area (Å²) in [5.74, 6) is 0. The van der Waals surface area contributed by atoms with E-state index in [0.29, 0.717) is 10.6 Å². The highest BCUT2D eigenvalue weighted by molar-refractivity contribution is 7.78. The molecular formula is C16H19O3P. The largest absolute Gasteiger partial charge is 0.391 e. The third-order valence-corrected chi connectivity index (χ3v) is 6.50. The van der Waals surface area contributed by atoms with Crippen LogP contribution in [0, 0.1) is 0 Å². The predicted molar refractivity (Wildman–Crippen MR) is 82.3 cm³/mol. The monoisotopic (exact) mass is 290 g/mol. The molecule has 2 aromatic carbocycles. The van der Waals surface area contributed by atoms with E-state index in [1.165, 1.54) is 6.92 Å². The van der Waals surface area contributed by atoms with Crippen molar-refractivity contribution in [3.63, 3.8) is 0 Å². The third kappa shape index (κ3) is 3.18. The summed E-state index contributed by atoms with van der Waals surface area (Å²) in [5, 5.41) is 20.9. The van der Waals surface area contributed by atoms with Gasteiger partial charge in [-0.05, 0) is 6.92 Å². The molecule has 0 bridgehead atoms. The van der Waals surface area contributed by atoms with E-state index in [9.17, 15) is 14.8 Å². The molecule has 2 atom stereocenters. The number of hydrogen-bond acceptors (Lipinski definition) is 3. The molecule has 4 heteroatoms. The highest BCUT2D eigenvalue weighted by Gasteiger charge is 2.31. The van der Waals surface area contributed by atoms with Crippen molar-refractivity contribution in [3.8, 4) is 0 Å². The number of aliphatic hydroxyl groups excluding tert-OH is 2. The first-order valence-electron chi connectivity index (χ1n) is 6.60. The van der Waals surface area contributed by atoms with Gasteiger partial charge in [0.15, 0.2) is 0 Å². The van der Waals surface area contributed by atoms with Crippen molar-refractivity contribution >= 4 is 17.8 Å². The Kier molecular flexibility index (Phi) is 4.77. The topological polar surface area (TPSA) is 57.5 Å². The Bertz CT molecular complexity index is 538. The molecule has 0 saturated carbocycles. The summed E-state index contributed by atoms with van der Waals surface area (Å²) in [6.45, 7) is 1.50. The van der Waals surface area contributed by atoms with Gasteiger partial charge in [0.1, 0.15) is 7.14 Å². The fourth-order valence-electron chi connectivity index (χ4n) is 2.11. The first-order valence-corrected chi connectivity index (χ1v) is 8.49. The van der Waals surface area contributed by atoms with Gasteiger partial charge in [-0.3, -0.25) is 0 Å². The van der Waals surface area contributed by atoms with Gasteiger partial charge in [-0.2, -0.15) is 0 Å². The van der Waals surface area contributed by atoms with Crippen molar-refractivity contribution in [1.82, 2.24) is 0 Å². The molecule has 0 aliphatic carbocycles. The molecule has 0 radical (unpaired) electrons. The molecule has 0 fully saturated rings. The lowest BCUT2D eigenvalue weighted by Crippen LogP contribution is -2.31. The van der Waals surface area contributed by atoms with Crippen LogP contribution < -0.4 is 10.6 Å². The molecule has 0 unspecified atom stereocenters. The minimum atomic E-state index is -2.94.